The molecule has 2 saturated heterocycles. The summed E-state index contributed by atoms with van der Waals surface area (Å²) in [6, 6.07) is 1.61. The summed E-state index contributed by atoms with van der Waals surface area (Å²) in [5.41, 5.74) is 0. The van der Waals surface area contributed by atoms with Gasteiger partial charge in [0.1, 0.15) is 0 Å². The average molecular weight is 269 g/mol. The van der Waals surface area contributed by atoms with Crippen LogP contribution in [0.4, 0.5) is 0 Å². The van der Waals surface area contributed by atoms with E-state index in [1.807, 2.05) is 0 Å². The van der Waals surface area contributed by atoms with Crippen LogP contribution in [0.25, 0.3) is 0 Å². The van der Waals surface area contributed by atoms with E-state index in [4.69, 9.17) is 0 Å². The lowest BCUT2D eigenvalue weighted by atomic mass is 10.00. The second-order valence-electron chi connectivity index (χ2n) is 4.99. The molecule has 2 aliphatic heterocycles. The van der Waals surface area contributed by atoms with Crippen molar-refractivity contribution in [1.29, 1.82) is 0 Å². The molecule has 0 aliphatic carbocycles. The van der Waals surface area contributed by atoms with E-state index >= 15 is 0 Å². The Bertz CT molecular complexity index is 172. The van der Waals surface area contributed by atoms with Crippen LogP contribution in [0.5, 0.6) is 0 Å². The molecule has 98 valence electrons. The molecule has 0 saturated carbocycles. The van der Waals surface area contributed by atoms with Crippen LogP contribution in [-0.4, -0.2) is 36.6 Å². The van der Waals surface area contributed by atoms with E-state index in [1.165, 1.54) is 58.2 Å². The lowest BCUT2D eigenvalue weighted by Crippen LogP contribution is -2.48. The van der Waals surface area contributed by atoms with E-state index in [2.05, 4.69) is 17.1 Å². The van der Waals surface area contributed by atoms with Crippen LogP contribution < -0.4 is 5.32 Å². The lowest BCUT2D eigenvalue weighted by molar-refractivity contribution is 0.137. The van der Waals surface area contributed by atoms with Crippen molar-refractivity contribution in [2.45, 2.75) is 57.5 Å². The van der Waals surface area contributed by atoms with Crippen LogP contribution in [0.15, 0.2) is 0 Å². The zero-order chi connectivity index (χ0) is 9.80. The second kappa shape index (κ2) is 8.57. The molecule has 2 heterocycles. The maximum absolute atomic E-state index is 3.65. The zero-order valence-electron chi connectivity index (χ0n) is 10.3. The van der Waals surface area contributed by atoms with Crippen LogP contribution in [0.2, 0.25) is 0 Å². The van der Waals surface area contributed by atoms with Gasteiger partial charge < -0.3 is 5.32 Å². The van der Waals surface area contributed by atoms with E-state index in [1.54, 1.807) is 0 Å². The summed E-state index contributed by atoms with van der Waals surface area (Å²) in [7, 11) is 0. The second-order valence-corrected chi connectivity index (χ2v) is 4.99. The fourth-order valence-corrected chi connectivity index (χ4v) is 2.79. The summed E-state index contributed by atoms with van der Waals surface area (Å²) >= 11 is 0. The Kier molecular flexibility index (Phi) is 8.84. The lowest BCUT2D eigenvalue weighted by Gasteiger charge is -2.37. The SMILES string of the molecule is CC1CCCCN1CC1CCCCN1.Cl.Cl. The fraction of sp³-hybridized carbons (Fsp3) is 1.00. The molecule has 0 radical (unpaired) electrons. The molecule has 2 nitrogen and oxygen atoms in total. The third-order valence-corrected chi connectivity index (χ3v) is 3.81. The van der Waals surface area contributed by atoms with Gasteiger partial charge in [-0.1, -0.05) is 12.8 Å². The molecule has 2 rings (SSSR count). The summed E-state index contributed by atoms with van der Waals surface area (Å²) in [6.45, 7) is 6.26. The third kappa shape index (κ3) is 4.79. The van der Waals surface area contributed by atoms with Gasteiger partial charge in [0.25, 0.3) is 0 Å². The van der Waals surface area contributed by atoms with Gasteiger partial charge in [0.05, 0.1) is 0 Å². The molecule has 1 N–H and O–H groups in total. The fourth-order valence-electron chi connectivity index (χ4n) is 2.79. The highest BCUT2D eigenvalue weighted by atomic mass is 35.5. The maximum atomic E-state index is 3.65. The standard InChI is InChI=1S/C12H24N2.2ClH/c1-11-6-3-5-9-14(11)10-12-7-2-4-8-13-12;;/h11-13H,2-10H2,1H3;2*1H. The quantitative estimate of drug-likeness (QED) is 0.829. The number of nitrogens with one attached hydrogen (secondary N) is 1. The molecule has 0 spiro atoms. The number of rotatable bonds is 2. The number of hydrogen-bond acceptors (Lipinski definition) is 2. The Morgan fingerprint density at radius 3 is 2.44 bits per heavy atom. The maximum Gasteiger partial charge on any atom is 0.0195 e. The predicted octanol–water partition coefficient (Wildman–Crippen LogP) is 2.85. The molecule has 0 bridgehead atoms. The van der Waals surface area contributed by atoms with Gasteiger partial charge >= 0.3 is 0 Å². The first-order chi connectivity index (χ1) is 6.86. The van der Waals surface area contributed by atoms with Crippen molar-refractivity contribution in [2.24, 2.45) is 0 Å². The van der Waals surface area contributed by atoms with Crippen molar-refractivity contribution in [3.05, 3.63) is 0 Å². The zero-order valence-corrected chi connectivity index (χ0v) is 11.9. The molecule has 4 heteroatoms. The Hall–Kier alpha value is 0.500. The van der Waals surface area contributed by atoms with Crippen molar-refractivity contribution in [3.63, 3.8) is 0 Å². The number of nitrogens with zero attached hydrogens (tertiary/aromatic N) is 1. The van der Waals surface area contributed by atoms with Crippen molar-refractivity contribution in [2.75, 3.05) is 19.6 Å². The van der Waals surface area contributed by atoms with Crippen LogP contribution in [-0.2, 0) is 0 Å². The van der Waals surface area contributed by atoms with Gasteiger partial charge in [0, 0.05) is 18.6 Å². The Morgan fingerprint density at radius 1 is 1.06 bits per heavy atom. The summed E-state index contributed by atoms with van der Waals surface area (Å²) in [4.78, 5) is 2.69. The van der Waals surface area contributed by atoms with E-state index in [0.717, 1.165) is 12.1 Å². The number of hydrogen-bond donors (Lipinski definition) is 1. The number of piperidine rings is 2. The molecule has 2 aliphatic rings. The normalized spacial score (nSPS) is 31.3. The Labute approximate surface area is 112 Å². The minimum Gasteiger partial charge on any atom is -0.313 e. The number of halogens is 2. The van der Waals surface area contributed by atoms with Crippen molar-refractivity contribution in [1.82, 2.24) is 10.2 Å². The topological polar surface area (TPSA) is 15.3 Å². The van der Waals surface area contributed by atoms with Crippen molar-refractivity contribution < 1.29 is 0 Å². The number of likely N-dealkylation sites (tertiary alicyclic amines) is 1. The van der Waals surface area contributed by atoms with Crippen molar-refractivity contribution in [3.8, 4) is 0 Å². The molecule has 0 aromatic carbocycles. The Morgan fingerprint density at radius 2 is 1.81 bits per heavy atom. The minimum absolute atomic E-state index is 0. The van der Waals surface area contributed by atoms with Crippen molar-refractivity contribution >= 4 is 24.8 Å². The highest BCUT2D eigenvalue weighted by Gasteiger charge is 2.22. The minimum atomic E-state index is 0. The van der Waals surface area contributed by atoms with Crippen LogP contribution in [0, 0.1) is 0 Å². The average Bonchev–Trinajstić information content (AvgIpc) is 2.23. The summed E-state index contributed by atoms with van der Waals surface area (Å²) in [5, 5.41) is 3.65. The molecule has 0 aromatic heterocycles. The molecule has 16 heavy (non-hydrogen) atoms. The highest BCUT2D eigenvalue weighted by Crippen LogP contribution is 2.18. The van der Waals surface area contributed by atoms with Gasteiger partial charge in [0.15, 0.2) is 0 Å². The monoisotopic (exact) mass is 268 g/mol. The predicted molar refractivity (Wildman–Crippen MR) is 75.0 cm³/mol. The van der Waals surface area contributed by atoms with Gasteiger partial charge in [-0.25, -0.2) is 0 Å². The molecule has 2 fully saturated rings. The largest absolute Gasteiger partial charge is 0.313 e. The molecule has 0 aromatic rings. The van der Waals surface area contributed by atoms with E-state index in [-0.39, 0.29) is 24.8 Å². The Balaban J connectivity index is 0.00000112. The molecule has 2 unspecified atom stereocenters. The van der Waals surface area contributed by atoms with Gasteiger partial charge in [0.2, 0.25) is 0 Å². The summed E-state index contributed by atoms with van der Waals surface area (Å²) < 4.78 is 0. The van der Waals surface area contributed by atoms with Crippen LogP contribution in [0.3, 0.4) is 0 Å². The smallest absolute Gasteiger partial charge is 0.0195 e. The van der Waals surface area contributed by atoms with E-state index in [0.29, 0.717) is 0 Å². The van der Waals surface area contributed by atoms with Crippen LogP contribution in [0.1, 0.15) is 45.4 Å². The molecule has 0 amide bonds. The first-order valence-electron chi connectivity index (χ1n) is 6.33. The summed E-state index contributed by atoms with van der Waals surface area (Å²) in [6.07, 6.45) is 8.47. The molecular weight excluding hydrogens is 243 g/mol. The highest BCUT2D eigenvalue weighted by molar-refractivity contribution is 5.85. The third-order valence-electron chi connectivity index (χ3n) is 3.81. The summed E-state index contributed by atoms with van der Waals surface area (Å²) in [5.74, 6) is 0. The van der Waals surface area contributed by atoms with Gasteiger partial charge in [-0.3, -0.25) is 4.90 Å². The first-order valence-corrected chi connectivity index (χ1v) is 6.33. The van der Waals surface area contributed by atoms with Gasteiger partial charge in [-0.15, -0.1) is 24.8 Å². The van der Waals surface area contributed by atoms with E-state index < -0.39 is 0 Å². The molecular formula is C12H26Cl2N2. The van der Waals surface area contributed by atoms with Gasteiger partial charge in [-0.2, -0.15) is 0 Å². The van der Waals surface area contributed by atoms with E-state index in [9.17, 15) is 0 Å². The first kappa shape index (κ1) is 16.5. The van der Waals surface area contributed by atoms with Crippen LogP contribution >= 0.6 is 24.8 Å². The molecule has 2 atom stereocenters. The van der Waals surface area contributed by atoms with Gasteiger partial charge in [-0.05, 0) is 45.7 Å².